The van der Waals surface area contributed by atoms with Gasteiger partial charge in [0.15, 0.2) is 0 Å². The third kappa shape index (κ3) is 5.00. The minimum atomic E-state index is -0.729. The lowest BCUT2D eigenvalue weighted by atomic mass is 10.1. The lowest BCUT2D eigenvalue weighted by Crippen LogP contribution is -2.27. The van der Waals surface area contributed by atoms with Crippen molar-refractivity contribution in [1.82, 2.24) is 5.32 Å². The molecule has 96 valence electrons. The molecule has 2 atom stereocenters. The van der Waals surface area contributed by atoms with Crippen LogP contribution in [0.2, 0.25) is 0 Å². The molecule has 3 heteroatoms. The van der Waals surface area contributed by atoms with Crippen LogP contribution in [0, 0.1) is 6.92 Å². The monoisotopic (exact) mass is 253 g/mol. The molecule has 0 heterocycles. The van der Waals surface area contributed by atoms with Gasteiger partial charge in [-0.15, -0.1) is 0 Å². The van der Waals surface area contributed by atoms with E-state index >= 15 is 0 Å². The average molecular weight is 253 g/mol. The molecule has 1 N–H and O–H groups in total. The SMILES string of the molecule is CCCNC(CS(=O)CC)c1ccc(C)cc1. The van der Waals surface area contributed by atoms with E-state index in [1.807, 2.05) is 6.92 Å². The molecule has 0 spiro atoms. The summed E-state index contributed by atoms with van der Waals surface area (Å²) in [6.07, 6.45) is 1.10. The Balaban J connectivity index is 2.74. The molecule has 1 rings (SSSR count). The van der Waals surface area contributed by atoms with E-state index in [4.69, 9.17) is 0 Å². The maximum atomic E-state index is 11.7. The third-order valence-electron chi connectivity index (χ3n) is 2.79. The van der Waals surface area contributed by atoms with Gasteiger partial charge in [0, 0.05) is 28.3 Å². The van der Waals surface area contributed by atoms with E-state index in [-0.39, 0.29) is 6.04 Å². The van der Waals surface area contributed by atoms with Crippen LogP contribution >= 0.6 is 0 Å². The maximum absolute atomic E-state index is 11.7. The summed E-state index contributed by atoms with van der Waals surface area (Å²) < 4.78 is 11.7. The summed E-state index contributed by atoms with van der Waals surface area (Å²) in [6.45, 7) is 7.18. The highest BCUT2D eigenvalue weighted by molar-refractivity contribution is 7.84. The van der Waals surface area contributed by atoms with Crippen molar-refractivity contribution in [2.24, 2.45) is 0 Å². The zero-order valence-electron chi connectivity index (χ0n) is 11.0. The van der Waals surface area contributed by atoms with E-state index in [1.165, 1.54) is 11.1 Å². The minimum absolute atomic E-state index is 0.219. The molecule has 2 unspecified atom stereocenters. The zero-order chi connectivity index (χ0) is 12.7. The normalized spacial score (nSPS) is 14.5. The molecule has 0 amide bonds. The fourth-order valence-corrected chi connectivity index (χ4v) is 2.61. The highest BCUT2D eigenvalue weighted by Crippen LogP contribution is 2.15. The van der Waals surface area contributed by atoms with Crippen LogP contribution in [-0.4, -0.2) is 22.3 Å². The van der Waals surface area contributed by atoms with Crippen LogP contribution in [0.5, 0.6) is 0 Å². The Morgan fingerprint density at radius 1 is 1.24 bits per heavy atom. The second kappa shape index (κ2) is 7.62. The van der Waals surface area contributed by atoms with Crippen LogP contribution in [0.1, 0.15) is 37.4 Å². The molecule has 0 saturated heterocycles. The highest BCUT2D eigenvalue weighted by Gasteiger charge is 2.13. The quantitative estimate of drug-likeness (QED) is 0.809. The van der Waals surface area contributed by atoms with Crippen molar-refractivity contribution >= 4 is 10.8 Å². The lowest BCUT2D eigenvalue weighted by molar-refractivity contribution is 0.570. The van der Waals surface area contributed by atoms with Crippen LogP contribution in [-0.2, 0) is 10.8 Å². The second-order valence-corrected chi connectivity index (χ2v) is 6.10. The first-order valence-corrected chi connectivity index (χ1v) is 7.81. The summed E-state index contributed by atoms with van der Waals surface area (Å²) in [6, 6.07) is 8.72. The smallest absolute Gasteiger partial charge is 0.0436 e. The van der Waals surface area contributed by atoms with Gasteiger partial charge in [-0.1, -0.05) is 43.7 Å². The summed E-state index contributed by atoms with van der Waals surface area (Å²) in [5.41, 5.74) is 2.51. The Morgan fingerprint density at radius 2 is 1.88 bits per heavy atom. The van der Waals surface area contributed by atoms with Crippen LogP contribution in [0.4, 0.5) is 0 Å². The van der Waals surface area contributed by atoms with Crippen LogP contribution in [0.15, 0.2) is 24.3 Å². The fraction of sp³-hybridized carbons (Fsp3) is 0.571. The predicted molar refractivity (Wildman–Crippen MR) is 75.8 cm³/mol. The van der Waals surface area contributed by atoms with Crippen molar-refractivity contribution < 1.29 is 4.21 Å². The number of aryl methyl sites for hydroxylation is 1. The molecule has 0 radical (unpaired) electrons. The van der Waals surface area contributed by atoms with E-state index in [9.17, 15) is 4.21 Å². The van der Waals surface area contributed by atoms with Crippen LogP contribution in [0.3, 0.4) is 0 Å². The second-order valence-electron chi connectivity index (χ2n) is 4.31. The molecule has 0 aliphatic heterocycles. The molecular weight excluding hydrogens is 230 g/mol. The molecule has 0 aliphatic rings. The van der Waals surface area contributed by atoms with Gasteiger partial charge in [0.05, 0.1) is 0 Å². The summed E-state index contributed by atoms with van der Waals surface area (Å²) >= 11 is 0. The predicted octanol–water partition coefficient (Wildman–Crippen LogP) is 2.80. The van der Waals surface area contributed by atoms with Crippen molar-refractivity contribution in [2.45, 2.75) is 33.2 Å². The Kier molecular flexibility index (Phi) is 6.45. The Hall–Kier alpha value is -0.670. The van der Waals surface area contributed by atoms with E-state index in [0.29, 0.717) is 5.75 Å². The van der Waals surface area contributed by atoms with Gasteiger partial charge < -0.3 is 5.32 Å². The summed E-state index contributed by atoms with van der Waals surface area (Å²) in [7, 11) is -0.729. The lowest BCUT2D eigenvalue weighted by Gasteiger charge is -2.18. The van der Waals surface area contributed by atoms with Crippen molar-refractivity contribution in [2.75, 3.05) is 18.1 Å². The van der Waals surface area contributed by atoms with Gasteiger partial charge in [-0.2, -0.15) is 0 Å². The Bertz CT molecular complexity index is 348. The number of benzene rings is 1. The van der Waals surface area contributed by atoms with E-state index in [1.54, 1.807) is 0 Å². The third-order valence-corrected chi connectivity index (χ3v) is 4.14. The number of nitrogens with one attached hydrogen (secondary N) is 1. The van der Waals surface area contributed by atoms with Gasteiger partial charge >= 0.3 is 0 Å². The van der Waals surface area contributed by atoms with Gasteiger partial charge in [0.1, 0.15) is 0 Å². The van der Waals surface area contributed by atoms with E-state index in [0.717, 1.165) is 18.7 Å². The summed E-state index contributed by atoms with van der Waals surface area (Å²) in [4.78, 5) is 0. The van der Waals surface area contributed by atoms with E-state index in [2.05, 4.69) is 43.4 Å². The topological polar surface area (TPSA) is 29.1 Å². The van der Waals surface area contributed by atoms with Gasteiger partial charge in [0.25, 0.3) is 0 Å². The molecule has 0 aliphatic carbocycles. The van der Waals surface area contributed by atoms with Gasteiger partial charge in [0.2, 0.25) is 0 Å². The largest absolute Gasteiger partial charge is 0.309 e. The first-order valence-electron chi connectivity index (χ1n) is 6.32. The molecule has 1 aromatic carbocycles. The highest BCUT2D eigenvalue weighted by atomic mass is 32.2. The van der Waals surface area contributed by atoms with Crippen molar-refractivity contribution in [1.29, 1.82) is 0 Å². The summed E-state index contributed by atoms with van der Waals surface area (Å²) in [5.74, 6) is 1.44. The first-order chi connectivity index (χ1) is 8.17. The minimum Gasteiger partial charge on any atom is -0.309 e. The van der Waals surface area contributed by atoms with Crippen molar-refractivity contribution in [3.05, 3.63) is 35.4 Å². The number of hydrogen-bond donors (Lipinski definition) is 1. The fourth-order valence-electron chi connectivity index (χ4n) is 1.69. The summed E-state index contributed by atoms with van der Waals surface area (Å²) in [5, 5.41) is 3.48. The van der Waals surface area contributed by atoms with Crippen LogP contribution < -0.4 is 5.32 Å². The average Bonchev–Trinajstić information content (AvgIpc) is 2.35. The zero-order valence-corrected chi connectivity index (χ0v) is 11.8. The molecule has 0 bridgehead atoms. The Labute approximate surface area is 107 Å². The standard InChI is InChI=1S/C14H23NOS/c1-4-10-15-14(11-17(16)5-2)13-8-6-12(3)7-9-13/h6-9,14-15H,4-5,10-11H2,1-3H3. The molecular formula is C14H23NOS. The van der Waals surface area contributed by atoms with Gasteiger partial charge in [-0.3, -0.25) is 4.21 Å². The van der Waals surface area contributed by atoms with Gasteiger partial charge in [-0.05, 0) is 25.5 Å². The molecule has 2 nitrogen and oxygen atoms in total. The molecule has 0 saturated carbocycles. The van der Waals surface area contributed by atoms with Crippen molar-refractivity contribution in [3.8, 4) is 0 Å². The van der Waals surface area contributed by atoms with Gasteiger partial charge in [-0.25, -0.2) is 0 Å². The molecule has 17 heavy (non-hydrogen) atoms. The number of rotatable bonds is 7. The molecule has 0 fully saturated rings. The van der Waals surface area contributed by atoms with Crippen molar-refractivity contribution in [3.63, 3.8) is 0 Å². The number of hydrogen-bond acceptors (Lipinski definition) is 2. The van der Waals surface area contributed by atoms with Crippen LogP contribution in [0.25, 0.3) is 0 Å². The Morgan fingerprint density at radius 3 is 2.41 bits per heavy atom. The maximum Gasteiger partial charge on any atom is 0.0436 e. The molecule has 1 aromatic rings. The first kappa shape index (κ1) is 14.4. The molecule has 0 aromatic heterocycles. The van der Waals surface area contributed by atoms with E-state index < -0.39 is 10.8 Å².